The largest absolute Gasteiger partial charge is 0.756 e. The second kappa shape index (κ2) is 41.0. The molecule has 0 aromatic carbocycles. The average Bonchev–Trinajstić information content (AvgIpc) is 3.20. The van der Waals surface area contributed by atoms with E-state index in [9.17, 15) is 19.0 Å². The van der Waals surface area contributed by atoms with E-state index in [1.54, 1.807) is 0 Å². The first-order chi connectivity index (χ1) is 29.0. The molecule has 0 aliphatic rings. The van der Waals surface area contributed by atoms with Gasteiger partial charge in [-0.2, -0.15) is 0 Å². The van der Waals surface area contributed by atoms with Gasteiger partial charge in [0.15, 0.2) is 6.10 Å². The van der Waals surface area contributed by atoms with Crippen LogP contribution in [0, 0.1) is 0 Å². The number of hydrogen-bond acceptors (Lipinski definition) is 8. The van der Waals surface area contributed by atoms with Gasteiger partial charge in [0.05, 0.1) is 27.7 Å². The monoisotopic (exact) mass is 856 g/mol. The van der Waals surface area contributed by atoms with Gasteiger partial charge < -0.3 is 27.9 Å². The number of phosphoric ester groups is 1. The fraction of sp³-hybridized carbons (Fsp3) is 0.600. The van der Waals surface area contributed by atoms with Crippen molar-refractivity contribution in [3.63, 3.8) is 0 Å². The van der Waals surface area contributed by atoms with Crippen molar-refractivity contribution in [1.29, 1.82) is 0 Å². The smallest absolute Gasteiger partial charge is 0.306 e. The number of allylic oxidation sites excluding steroid dienone is 18. The Kier molecular flexibility index (Phi) is 38.8. The lowest BCUT2D eigenvalue weighted by Crippen LogP contribution is -2.37. The number of nitrogens with zero attached hydrogens (tertiary/aromatic N) is 1. The Labute approximate surface area is 366 Å². The number of esters is 2. The van der Waals surface area contributed by atoms with Gasteiger partial charge >= 0.3 is 11.9 Å². The van der Waals surface area contributed by atoms with Crippen LogP contribution in [0.15, 0.2) is 109 Å². The minimum Gasteiger partial charge on any atom is -0.756 e. The molecule has 0 heterocycles. The Balaban J connectivity index is 4.50. The van der Waals surface area contributed by atoms with E-state index in [4.69, 9.17) is 18.5 Å². The van der Waals surface area contributed by atoms with E-state index in [1.807, 2.05) is 21.1 Å². The molecule has 0 saturated carbocycles. The molecule has 10 heteroatoms. The number of hydrogen-bond donors (Lipinski definition) is 0. The molecular formula is C50H82NO8P. The summed E-state index contributed by atoms with van der Waals surface area (Å²) in [5.74, 6) is -0.922. The normalized spacial score (nSPS) is 14.6. The van der Waals surface area contributed by atoms with Crippen LogP contribution in [0.1, 0.15) is 142 Å². The number of phosphoric acid groups is 1. The van der Waals surface area contributed by atoms with E-state index in [0.717, 1.165) is 96.3 Å². The van der Waals surface area contributed by atoms with Crippen molar-refractivity contribution >= 4 is 19.8 Å². The van der Waals surface area contributed by atoms with Crippen LogP contribution in [0.2, 0.25) is 0 Å². The Bertz CT molecular complexity index is 1380. The third-order valence-corrected chi connectivity index (χ3v) is 9.72. The first-order valence-corrected chi connectivity index (χ1v) is 24.1. The minimum absolute atomic E-state index is 0.0499. The van der Waals surface area contributed by atoms with Gasteiger partial charge in [-0.05, 0) is 96.3 Å². The van der Waals surface area contributed by atoms with E-state index in [2.05, 4.69) is 123 Å². The van der Waals surface area contributed by atoms with E-state index >= 15 is 0 Å². The Morgan fingerprint density at radius 1 is 0.533 bits per heavy atom. The van der Waals surface area contributed by atoms with Gasteiger partial charge in [-0.25, -0.2) is 0 Å². The van der Waals surface area contributed by atoms with Crippen LogP contribution in [-0.4, -0.2) is 70.0 Å². The molecule has 2 atom stereocenters. The van der Waals surface area contributed by atoms with Crippen molar-refractivity contribution in [3.8, 4) is 0 Å². The third kappa shape index (κ3) is 44.2. The number of carbonyl (C=O) groups excluding carboxylic acids is 2. The van der Waals surface area contributed by atoms with Crippen LogP contribution >= 0.6 is 7.82 Å². The van der Waals surface area contributed by atoms with Crippen molar-refractivity contribution in [2.75, 3.05) is 47.5 Å². The van der Waals surface area contributed by atoms with E-state index in [0.29, 0.717) is 23.9 Å². The van der Waals surface area contributed by atoms with E-state index in [1.165, 1.54) is 6.42 Å². The molecule has 1 unspecified atom stereocenters. The second-order valence-electron chi connectivity index (χ2n) is 15.7. The molecule has 0 aliphatic heterocycles. The van der Waals surface area contributed by atoms with Gasteiger partial charge in [0.25, 0.3) is 7.82 Å². The highest BCUT2D eigenvalue weighted by Gasteiger charge is 2.21. The highest BCUT2D eigenvalue weighted by molar-refractivity contribution is 7.45. The molecule has 60 heavy (non-hydrogen) atoms. The molecule has 0 amide bonds. The summed E-state index contributed by atoms with van der Waals surface area (Å²) >= 11 is 0. The maximum atomic E-state index is 12.7. The fourth-order valence-corrected chi connectivity index (χ4v) is 5.99. The summed E-state index contributed by atoms with van der Waals surface area (Å²) in [4.78, 5) is 37.6. The molecule has 0 spiro atoms. The first kappa shape index (κ1) is 56.7. The second-order valence-corrected chi connectivity index (χ2v) is 17.1. The van der Waals surface area contributed by atoms with Crippen molar-refractivity contribution in [2.24, 2.45) is 0 Å². The Hall–Kier alpha value is -3.33. The van der Waals surface area contributed by atoms with Crippen LogP contribution in [0.5, 0.6) is 0 Å². The van der Waals surface area contributed by atoms with Crippen LogP contribution in [0.4, 0.5) is 0 Å². The Morgan fingerprint density at radius 3 is 1.38 bits per heavy atom. The number of carbonyl (C=O) groups is 2. The van der Waals surface area contributed by atoms with Crippen LogP contribution < -0.4 is 4.89 Å². The van der Waals surface area contributed by atoms with Gasteiger partial charge in [-0.1, -0.05) is 142 Å². The third-order valence-electron chi connectivity index (χ3n) is 8.76. The van der Waals surface area contributed by atoms with Gasteiger partial charge in [0.2, 0.25) is 0 Å². The highest BCUT2D eigenvalue weighted by Crippen LogP contribution is 2.38. The topological polar surface area (TPSA) is 111 Å². The van der Waals surface area contributed by atoms with Gasteiger partial charge in [-0.3, -0.25) is 14.2 Å². The van der Waals surface area contributed by atoms with Gasteiger partial charge in [-0.15, -0.1) is 0 Å². The number of ether oxygens (including phenoxy) is 2. The van der Waals surface area contributed by atoms with Gasteiger partial charge in [0.1, 0.15) is 19.8 Å². The first-order valence-electron chi connectivity index (χ1n) is 22.6. The summed E-state index contributed by atoms with van der Waals surface area (Å²) in [7, 11) is 1.10. The maximum absolute atomic E-state index is 12.7. The molecule has 0 aromatic rings. The summed E-state index contributed by atoms with van der Waals surface area (Å²) in [5.41, 5.74) is 0. The highest BCUT2D eigenvalue weighted by atomic mass is 31.2. The molecule has 0 radical (unpaired) electrons. The van der Waals surface area contributed by atoms with Crippen molar-refractivity contribution in [1.82, 2.24) is 0 Å². The van der Waals surface area contributed by atoms with E-state index < -0.39 is 32.5 Å². The molecule has 0 bridgehead atoms. The summed E-state index contributed by atoms with van der Waals surface area (Å²) in [6.07, 6.45) is 55.4. The van der Waals surface area contributed by atoms with Gasteiger partial charge in [0, 0.05) is 12.8 Å². The lowest BCUT2D eigenvalue weighted by Gasteiger charge is -2.28. The minimum atomic E-state index is -4.65. The maximum Gasteiger partial charge on any atom is 0.306 e. The zero-order valence-electron chi connectivity index (χ0n) is 38.1. The average molecular weight is 856 g/mol. The molecule has 0 N–H and O–H groups in total. The predicted octanol–water partition coefficient (Wildman–Crippen LogP) is 12.5. The number of rotatable bonds is 39. The number of likely N-dealkylation sites (N-methyl/N-ethyl adjacent to an activating group) is 1. The fourth-order valence-electron chi connectivity index (χ4n) is 5.26. The molecule has 0 saturated heterocycles. The Morgan fingerprint density at radius 2 is 0.950 bits per heavy atom. The zero-order valence-corrected chi connectivity index (χ0v) is 39.0. The SMILES string of the molecule is CC/C=C/C/C=C/C/C=C/C/C=C/C/C=C/CCCCCC(=O)O[C@H](COC(=O)CCCCC/C=C/C/C=C/C/C=C/C/C=C/CCC)COP(=O)([O-])OCC[N+](C)(C)C. The summed E-state index contributed by atoms with van der Waals surface area (Å²) < 4.78 is 33.9. The molecular weight excluding hydrogens is 774 g/mol. The molecule has 0 aromatic heterocycles. The lowest BCUT2D eigenvalue weighted by molar-refractivity contribution is -0.870. The lowest BCUT2D eigenvalue weighted by atomic mass is 10.1. The molecule has 340 valence electrons. The summed E-state index contributed by atoms with van der Waals surface area (Å²) in [6, 6.07) is 0. The van der Waals surface area contributed by atoms with Crippen molar-refractivity contribution < 1.29 is 42.1 Å². The van der Waals surface area contributed by atoms with E-state index in [-0.39, 0.29) is 26.1 Å². The number of quaternary nitrogens is 1. The van der Waals surface area contributed by atoms with Crippen LogP contribution in [0.25, 0.3) is 0 Å². The molecule has 0 aliphatic carbocycles. The summed E-state index contributed by atoms with van der Waals surface area (Å²) in [5, 5.41) is 0. The molecule has 0 rings (SSSR count). The van der Waals surface area contributed by atoms with Crippen LogP contribution in [0.3, 0.4) is 0 Å². The molecule has 9 nitrogen and oxygen atoms in total. The summed E-state index contributed by atoms with van der Waals surface area (Å²) in [6.45, 7) is 3.94. The van der Waals surface area contributed by atoms with Crippen molar-refractivity contribution in [3.05, 3.63) is 109 Å². The van der Waals surface area contributed by atoms with Crippen LogP contribution in [-0.2, 0) is 32.7 Å². The quantitative estimate of drug-likeness (QED) is 0.0198. The standard InChI is InChI=1S/C50H82NO8P/c1-6-8-10-12-14-16-18-20-22-24-25-27-29-31-33-35-37-39-41-43-50(53)59-48(47-58-60(54,55)57-45-44-51(3,4)5)46-56-49(52)42-40-38-36-34-32-30-28-26-23-21-19-17-15-13-11-9-7-2/h8,10-11,13-14,16-17,19-20,22-23,25-27,30-33,48H,6-7,9,12,15,18,21,24,28-29,34-47H2,1-5H3/b10-8+,13-11+,16-14+,19-17+,22-20+,26-23+,27-25+,32-30+,33-31+/t48-/m1/s1. The predicted molar refractivity (Wildman–Crippen MR) is 249 cm³/mol. The number of unbranched alkanes of at least 4 members (excludes halogenated alkanes) is 7. The van der Waals surface area contributed by atoms with Crippen molar-refractivity contribution in [2.45, 2.75) is 148 Å². The zero-order chi connectivity index (χ0) is 44.3. The molecule has 0 fully saturated rings.